The fraction of sp³-hybridized carbons (Fsp3) is 0.211. The number of sulfone groups is 1. The van der Waals surface area contributed by atoms with Crippen molar-refractivity contribution < 1.29 is 21.6 Å². The summed E-state index contributed by atoms with van der Waals surface area (Å²) in [6, 6.07) is 13.7. The minimum atomic E-state index is -3.60. The lowest BCUT2D eigenvalue weighted by atomic mass is 10.1. The number of nitrogens with zero attached hydrogens (tertiary/aromatic N) is 2. The van der Waals surface area contributed by atoms with Gasteiger partial charge in [-0.3, -0.25) is 4.79 Å². The van der Waals surface area contributed by atoms with Crippen LogP contribution in [0.3, 0.4) is 0 Å². The molecular formula is C19H20N2O5S2. The molecule has 1 heterocycles. The highest BCUT2D eigenvalue weighted by molar-refractivity contribution is 7.94. The van der Waals surface area contributed by atoms with Gasteiger partial charge in [-0.1, -0.05) is 18.2 Å². The summed E-state index contributed by atoms with van der Waals surface area (Å²) in [4.78, 5) is 14.7. The molecule has 1 aliphatic rings. The average molecular weight is 421 g/mol. The van der Waals surface area contributed by atoms with Gasteiger partial charge in [-0.25, -0.2) is 21.1 Å². The van der Waals surface area contributed by atoms with Crippen LogP contribution in [-0.4, -0.2) is 52.9 Å². The molecule has 0 spiro atoms. The highest BCUT2D eigenvalue weighted by Gasteiger charge is 2.32. The first-order valence-electron chi connectivity index (χ1n) is 8.44. The minimum absolute atomic E-state index is 0.0728. The second-order valence-electron chi connectivity index (χ2n) is 6.55. The van der Waals surface area contributed by atoms with Gasteiger partial charge in [0.1, 0.15) is 0 Å². The van der Waals surface area contributed by atoms with E-state index in [-0.39, 0.29) is 16.2 Å². The van der Waals surface area contributed by atoms with Crippen LogP contribution in [0, 0.1) is 0 Å². The topological polar surface area (TPSA) is 91.8 Å². The molecule has 148 valence electrons. The van der Waals surface area contributed by atoms with Crippen molar-refractivity contribution in [2.75, 3.05) is 24.7 Å². The van der Waals surface area contributed by atoms with Gasteiger partial charge in [0.25, 0.3) is 5.91 Å². The average Bonchev–Trinajstić information content (AvgIpc) is 3.02. The minimum Gasteiger partial charge on any atom is -0.300 e. The predicted octanol–water partition coefficient (Wildman–Crippen LogP) is 1.89. The Labute approximate surface area is 164 Å². The molecule has 1 atom stereocenters. The lowest BCUT2D eigenvalue weighted by Gasteiger charge is -2.28. The number of carbonyl (C=O) groups excluding carboxylic acids is 1. The number of hydrogen-bond donors (Lipinski definition) is 0. The molecule has 0 N–H and O–H groups in total. The van der Waals surface area contributed by atoms with Gasteiger partial charge in [-0.2, -0.15) is 0 Å². The van der Waals surface area contributed by atoms with E-state index in [1.165, 1.54) is 49.3 Å². The second-order valence-corrected chi connectivity index (χ2v) is 10.6. The molecule has 3 rings (SSSR count). The van der Waals surface area contributed by atoms with Gasteiger partial charge in [0.05, 0.1) is 16.7 Å². The first kappa shape index (κ1) is 20.2. The SMILES string of the molecule is CN(C)S(=O)(=O)c1ccc(C(=O)N(c2ccccc2)[C@@H]2C=CS(=O)(=O)C2)cc1. The number of para-hydroxylation sites is 1. The summed E-state index contributed by atoms with van der Waals surface area (Å²) < 4.78 is 49.2. The largest absolute Gasteiger partial charge is 0.300 e. The van der Waals surface area contributed by atoms with E-state index in [9.17, 15) is 21.6 Å². The molecule has 7 nitrogen and oxygen atoms in total. The first-order valence-corrected chi connectivity index (χ1v) is 11.6. The van der Waals surface area contributed by atoms with E-state index in [0.717, 1.165) is 9.71 Å². The van der Waals surface area contributed by atoms with Crippen molar-refractivity contribution in [3.05, 3.63) is 71.6 Å². The third kappa shape index (κ3) is 4.01. The fourth-order valence-electron chi connectivity index (χ4n) is 2.89. The van der Waals surface area contributed by atoms with Crippen LogP contribution >= 0.6 is 0 Å². The summed E-state index contributed by atoms with van der Waals surface area (Å²) in [5.41, 5.74) is 0.823. The molecule has 0 aromatic heterocycles. The van der Waals surface area contributed by atoms with Crippen LogP contribution in [0.25, 0.3) is 0 Å². The predicted molar refractivity (Wildman–Crippen MR) is 107 cm³/mol. The van der Waals surface area contributed by atoms with Crippen molar-refractivity contribution in [3.63, 3.8) is 0 Å². The molecule has 0 bridgehead atoms. The maximum Gasteiger partial charge on any atom is 0.258 e. The van der Waals surface area contributed by atoms with Crippen molar-refractivity contribution in [1.29, 1.82) is 0 Å². The van der Waals surface area contributed by atoms with Gasteiger partial charge < -0.3 is 4.90 Å². The third-order valence-electron chi connectivity index (χ3n) is 4.38. The van der Waals surface area contributed by atoms with Gasteiger partial charge in [-0.15, -0.1) is 0 Å². The van der Waals surface area contributed by atoms with Crippen molar-refractivity contribution in [1.82, 2.24) is 4.31 Å². The normalized spacial score (nSPS) is 18.3. The molecule has 0 unspecified atom stereocenters. The zero-order chi connectivity index (χ0) is 20.5. The Morgan fingerprint density at radius 1 is 1.00 bits per heavy atom. The first-order chi connectivity index (χ1) is 13.1. The quantitative estimate of drug-likeness (QED) is 0.737. The van der Waals surface area contributed by atoms with E-state index in [2.05, 4.69) is 0 Å². The van der Waals surface area contributed by atoms with Crippen molar-refractivity contribution in [3.8, 4) is 0 Å². The Bertz CT molecular complexity index is 1110. The van der Waals surface area contributed by atoms with Crippen LogP contribution in [0.15, 0.2) is 71.0 Å². The number of sulfonamides is 1. The molecule has 2 aromatic carbocycles. The number of hydrogen-bond acceptors (Lipinski definition) is 5. The summed E-state index contributed by atoms with van der Waals surface area (Å²) in [6.07, 6.45) is 1.49. The highest BCUT2D eigenvalue weighted by Crippen LogP contribution is 2.25. The zero-order valence-corrected chi connectivity index (χ0v) is 17.0. The summed E-state index contributed by atoms with van der Waals surface area (Å²) in [7, 11) is -4.11. The molecule has 28 heavy (non-hydrogen) atoms. The van der Waals surface area contributed by atoms with Gasteiger partial charge >= 0.3 is 0 Å². The second kappa shape index (κ2) is 7.50. The zero-order valence-electron chi connectivity index (χ0n) is 15.4. The molecule has 0 fully saturated rings. The molecular weight excluding hydrogens is 400 g/mol. The highest BCUT2D eigenvalue weighted by atomic mass is 32.2. The van der Waals surface area contributed by atoms with E-state index in [1.807, 2.05) is 0 Å². The van der Waals surface area contributed by atoms with Crippen molar-refractivity contribution >= 4 is 31.5 Å². The number of carbonyl (C=O) groups is 1. The van der Waals surface area contributed by atoms with E-state index in [1.54, 1.807) is 30.3 Å². The maximum absolute atomic E-state index is 13.2. The summed E-state index contributed by atoms with van der Waals surface area (Å²) in [5, 5.41) is 1.12. The summed E-state index contributed by atoms with van der Waals surface area (Å²) in [5.74, 6) is -0.604. The van der Waals surface area contributed by atoms with E-state index in [4.69, 9.17) is 0 Å². The summed E-state index contributed by atoms with van der Waals surface area (Å²) >= 11 is 0. The van der Waals surface area contributed by atoms with Crippen LogP contribution in [0.4, 0.5) is 5.69 Å². The molecule has 0 aliphatic carbocycles. The lowest BCUT2D eigenvalue weighted by molar-refractivity contribution is 0.0983. The third-order valence-corrected chi connectivity index (χ3v) is 7.58. The van der Waals surface area contributed by atoms with E-state index >= 15 is 0 Å². The molecule has 0 saturated heterocycles. The van der Waals surface area contributed by atoms with Gasteiger partial charge in [-0.05, 0) is 42.5 Å². The van der Waals surface area contributed by atoms with E-state index < -0.39 is 31.8 Å². The van der Waals surface area contributed by atoms with Crippen LogP contribution in [0.5, 0.6) is 0 Å². The van der Waals surface area contributed by atoms with Crippen molar-refractivity contribution in [2.24, 2.45) is 0 Å². The van der Waals surface area contributed by atoms with Crippen molar-refractivity contribution in [2.45, 2.75) is 10.9 Å². The Hall–Kier alpha value is -2.49. The summed E-state index contributed by atoms with van der Waals surface area (Å²) in [6.45, 7) is 0. The standard InChI is InChI=1S/C19H20N2O5S2/c1-20(2)28(25,26)18-10-8-15(9-11-18)19(22)21(16-6-4-3-5-7-16)17-12-13-27(23,24)14-17/h3-13,17H,14H2,1-2H3/t17-/m1/s1. The van der Waals surface area contributed by atoms with Gasteiger partial charge in [0, 0.05) is 30.8 Å². The molecule has 0 saturated carbocycles. The van der Waals surface area contributed by atoms with Crippen LogP contribution in [0.1, 0.15) is 10.4 Å². The Morgan fingerprint density at radius 3 is 2.11 bits per heavy atom. The molecule has 1 amide bonds. The van der Waals surface area contributed by atoms with Gasteiger partial charge in [0.15, 0.2) is 9.84 Å². The monoisotopic (exact) mass is 420 g/mol. The number of anilines is 1. The Morgan fingerprint density at radius 2 is 1.61 bits per heavy atom. The van der Waals surface area contributed by atoms with Crippen LogP contribution in [0.2, 0.25) is 0 Å². The molecule has 1 aliphatic heterocycles. The molecule has 9 heteroatoms. The fourth-order valence-corrected chi connectivity index (χ4v) is 5.06. The molecule has 0 radical (unpaired) electrons. The van der Waals surface area contributed by atoms with Gasteiger partial charge in [0.2, 0.25) is 10.0 Å². The smallest absolute Gasteiger partial charge is 0.258 e. The number of benzene rings is 2. The van der Waals surface area contributed by atoms with E-state index in [0.29, 0.717) is 5.69 Å². The number of rotatable bonds is 5. The molecule has 2 aromatic rings. The van der Waals surface area contributed by atoms with Crippen LogP contribution < -0.4 is 4.90 Å². The number of amides is 1. The maximum atomic E-state index is 13.2. The lowest BCUT2D eigenvalue weighted by Crippen LogP contribution is -2.41. The Balaban J connectivity index is 1.97. The van der Waals surface area contributed by atoms with Crippen LogP contribution in [-0.2, 0) is 19.9 Å². The Kier molecular flexibility index (Phi) is 5.42.